The molecule has 1 N–H and O–H groups in total. The summed E-state index contributed by atoms with van der Waals surface area (Å²) in [5.41, 5.74) is 0.876. The molecule has 1 unspecified atom stereocenters. The van der Waals surface area contributed by atoms with Crippen molar-refractivity contribution in [3.63, 3.8) is 0 Å². The molecule has 1 saturated heterocycles. The molecular weight excluding hydrogens is 401 g/mol. The van der Waals surface area contributed by atoms with Crippen LogP contribution < -0.4 is 5.32 Å². The van der Waals surface area contributed by atoms with Gasteiger partial charge in [0.05, 0.1) is 5.69 Å². The van der Waals surface area contributed by atoms with E-state index in [0.29, 0.717) is 5.92 Å². The molecule has 1 atom stereocenters. The molecule has 1 aromatic carbocycles. The third-order valence-corrected chi connectivity index (χ3v) is 8.13. The number of nitrogens with zero attached hydrogens (tertiary/aromatic N) is 2. The Kier molecular flexibility index (Phi) is 6.12. The number of thioether (sulfide) groups is 1. The van der Waals surface area contributed by atoms with E-state index in [1.165, 1.54) is 25.7 Å². The minimum absolute atomic E-state index is 0.00424. The van der Waals surface area contributed by atoms with E-state index in [1.807, 2.05) is 29.2 Å². The number of piperazine rings is 1. The molecule has 3 fully saturated rings. The predicted molar refractivity (Wildman–Crippen MR) is 114 cm³/mol. The van der Waals surface area contributed by atoms with E-state index < -0.39 is 4.33 Å². The molecule has 4 nitrogen and oxygen atoms in total. The average molecular weight is 428 g/mol. The fraction of sp³-hybridized carbons (Fsp3) is 0.650. The van der Waals surface area contributed by atoms with Crippen molar-refractivity contribution in [3.05, 3.63) is 24.3 Å². The largest absolute Gasteiger partial charge is 0.322 e. The first kappa shape index (κ1) is 19.7. The van der Waals surface area contributed by atoms with Crippen molar-refractivity contribution in [2.24, 2.45) is 5.92 Å². The number of anilines is 1. The summed E-state index contributed by atoms with van der Waals surface area (Å²) in [5, 5.41) is 3.11. The van der Waals surface area contributed by atoms with Gasteiger partial charge in [-0.25, -0.2) is 4.79 Å². The number of hydrogen-bond donors (Lipinski definition) is 1. The van der Waals surface area contributed by atoms with Crippen LogP contribution in [0.2, 0.25) is 0 Å². The summed E-state index contributed by atoms with van der Waals surface area (Å²) in [7, 11) is 0. The number of benzene rings is 1. The first-order chi connectivity index (χ1) is 13.0. The minimum atomic E-state index is -0.551. The van der Waals surface area contributed by atoms with E-state index >= 15 is 0 Å². The Bertz CT molecular complexity index is 673. The number of nitrogens with one attached hydrogen (secondary N) is 1. The van der Waals surface area contributed by atoms with Gasteiger partial charge in [-0.05, 0) is 31.4 Å². The summed E-state index contributed by atoms with van der Waals surface area (Å²) in [6.07, 6.45) is 6.21. The maximum absolute atomic E-state index is 12.7. The Hall–Kier alpha value is -0.620. The van der Waals surface area contributed by atoms with Gasteiger partial charge >= 0.3 is 6.03 Å². The normalized spacial score (nSPS) is 25.6. The maximum atomic E-state index is 12.7. The van der Waals surface area contributed by atoms with Crippen molar-refractivity contribution >= 4 is 46.7 Å². The Morgan fingerprint density at radius 3 is 2.48 bits per heavy atom. The Balaban J connectivity index is 1.29. The number of hydrogen-bond acceptors (Lipinski definition) is 3. The molecule has 2 aliphatic carbocycles. The van der Waals surface area contributed by atoms with Crippen LogP contribution in [-0.2, 0) is 0 Å². The van der Waals surface area contributed by atoms with E-state index in [-0.39, 0.29) is 6.03 Å². The molecule has 7 heteroatoms. The van der Waals surface area contributed by atoms with E-state index in [0.717, 1.165) is 55.0 Å². The van der Waals surface area contributed by atoms with Gasteiger partial charge in [-0.3, -0.25) is 4.90 Å². The molecule has 1 aromatic rings. The molecule has 0 bridgehead atoms. The summed E-state index contributed by atoms with van der Waals surface area (Å²) < 4.78 is -0.551. The Morgan fingerprint density at radius 1 is 1.15 bits per heavy atom. The molecule has 1 heterocycles. The van der Waals surface area contributed by atoms with Gasteiger partial charge in [0, 0.05) is 48.8 Å². The van der Waals surface area contributed by atoms with Gasteiger partial charge in [-0.15, -0.1) is 35.0 Å². The second kappa shape index (κ2) is 8.40. The molecule has 4 rings (SSSR count). The van der Waals surface area contributed by atoms with Crippen molar-refractivity contribution in [2.45, 2.75) is 47.4 Å². The zero-order valence-electron chi connectivity index (χ0n) is 15.5. The van der Waals surface area contributed by atoms with Crippen molar-refractivity contribution in [1.29, 1.82) is 0 Å². The summed E-state index contributed by atoms with van der Waals surface area (Å²) in [6.45, 7) is 3.59. The van der Waals surface area contributed by atoms with E-state index in [2.05, 4.69) is 10.2 Å². The SMILES string of the molecule is O=C(Nc1ccccc1SCC1CC1(Cl)Cl)N1CCN(C2CCCC2)CC1. The molecule has 1 aliphatic heterocycles. The lowest BCUT2D eigenvalue weighted by Crippen LogP contribution is -2.52. The highest BCUT2D eigenvalue weighted by Crippen LogP contribution is 2.55. The first-order valence-corrected chi connectivity index (χ1v) is 11.7. The molecule has 2 saturated carbocycles. The van der Waals surface area contributed by atoms with E-state index in [1.54, 1.807) is 11.8 Å². The second-order valence-electron chi connectivity index (χ2n) is 7.86. The van der Waals surface area contributed by atoms with Crippen molar-refractivity contribution in [3.8, 4) is 0 Å². The van der Waals surface area contributed by atoms with Crippen molar-refractivity contribution < 1.29 is 4.79 Å². The molecule has 0 spiro atoms. The minimum Gasteiger partial charge on any atom is -0.322 e. The van der Waals surface area contributed by atoms with Crippen LogP contribution in [0.5, 0.6) is 0 Å². The van der Waals surface area contributed by atoms with Crippen LogP contribution in [0.25, 0.3) is 0 Å². The van der Waals surface area contributed by atoms with Gasteiger partial charge in [0.2, 0.25) is 0 Å². The topological polar surface area (TPSA) is 35.6 Å². The average Bonchev–Trinajstić information content (AvgIpc) is 3.06. The lowest BCUT2D eigenvalue weighted by molar-refractivity contribution is 0.115. The van der Waals surface area contributed by atoms with Crippen LogP contribution in [0.4, 0.5) is 10.5 Å². The van der Waals surface area contributed by atoms with Crippen molar-refractivity contribution in [1.82, 2.24) is 9.80 Å². The zero-order valence-corrected chi connectivity index (χ0v) is 17.8. The van der Waals surface area contributed by atoms with Crippen LogP contribution in [-0.4, -0.2) is 58.1 Å². The highest BCUT2D eigenvalue weighted by atomic mass is 35.5. The van der Waals surface area contributed by atoms with Gasteiger partial charge in [0.15, 0.2) is 0 Å². The van der Waals surface area contributed by atoms with Crippen LogP contribution in [0.1, 0.15) is 32.1 Å². The van der Waals surface area contributed by atoms with E-state index in [9.17, 15) is 4.79 Å². The highest BCUT2D eigenvalue weighted by molar-refractivity contribution is 7.99. The molecule has 2 amide bonds. The number of halogens is 2. The van der Waals surface area contributed by atoms with Gasteiger partial charge in [-0.2, -0.15) is 0 Å². The summed E-state index contributed by atoms with van der Waals surface area (Å²) in [6, 6.07) is 8.72. The predicted octanol–water partition coefficient (Wildman–Crippen LogP) is 5.06. The lowest BCUT2D eigenvalue weighted by atomic mass is 10.2. The Labute approximate surface area is 175 Å². The first-order valence-electron chi connectivity index (χ1n) is 9.92. The molecule has 3 aliphatic rings. The monoisotopic (exact) mass is 427 g/mol. The zero-order chi connectivity index (χ0) is 18.9. The lowest BCUT2D eigenvalue weighted by Gasteiger charge is -2.38. The fourth-order valence-electron chi connectivity index (χ4n) is 4.09. The number of para-hydroxylation sites is 1. The molecule has 0 radical (unpaired) electrons. The van der Waals surface area contributed by atoms with Crippen LogP contribution in [0.3, 0.4) is 0 Å². The number of amides is 2. The van der Waals surface area contributed by atoms with Crippen LogP contribution in [0.15, 0.2) is 29.2 Å². The summed E-state index contributed by atoms with van der Waals surface area (Å²) in [5.74, 6) is 1.21. The number of carbonyl (C=O) groups excluding carboxylic acids is 1. The summed E-state index contributed by atoms with van der Waals surface area (Å²) in [4.78, 5) is 18.3. The van der Waals surface area contributed by atoms with Gasteiger partial charge in [0.1, 0.15) is 4.33 Å². The third-order valence-electron chi connectivity index (χ3n) is 5.97. The number of rotatable bonds is 5. The smallest absolute Gasteiger partial charge is 0.321 e. The maximum Gasteiger partial charge on any atom is 0.321 e. The van der Waals surface area contributed by atoms with Crippen molar-refractivity contribution in [2.75, 3.05) is 37.2 Å². The standard InChI is InChI=1S/C20H27Cl2N3OS/c21-20(22)13-15(20)14-27-18-8-4-3-7-17(18)23-19(26)25-11-9-24(10-12-25)16-5-1-2-6-16/h3-4,7-8,15-16H,1-2,5-6,9-14H2,(H,23,26). The van der Waals surface area contributed by atoms with Crippen LogP contribution >= 0.6 is 35.0 Å². The number of carbonyl (C=O) groups is 1. The second-order valence-corrected chi connectivity index (χ2v) is 10.5. The third kappa shape index (κ3) is 4.87. The van der Waals surface area contributed by atoms with Gasteiger partial charge in [-0.1, -0.05) is 25.0 Å². The van der Waals surface area contributed by atoms with E-state index in [4.69, 9.17) is 23.2 Å². The Morgan fingerprint density at radius 2 is 1.81 bits per heavy atom. The van der Waals surface area contributed by atoms with Crippen LogP contribution in [0, 0.1) is 5.92 Å². The highest BCUT2D eigenvalue weighted by Gasteiger charge is 2.51. The molecule has 27 heavy (non-hydrogen) atoms. The fourth-order valence-corrected chi connectivity index (χ4v) is 6.03. The molecular formula is C20H27Cl2N3OS. The number of urea groups is 1. The quantitative estimate of drug-likeness (QED) is 0.526. The molecule has 148 valence electrons. The summed E-state index contributed by atoms with van der Waals surface area (Å²) >= 11 is 14.0. The van der Waals surface area contributed by atoms with Gasteiger partial charge in [0.25, 0.3) is 0 Å². The number of alkyl halides is 2. The molecule has 0 aromatic heterocycles. The van der Waals surface area contributed by atoms with Gasteiger partial charge < -0.3 is 10.2 Å².